The Hall–Kier alpha value is -3.12. The van der Waals surface area contributed by atoms with Crippen molar-refractivity contribution in [2.24, 2.45) is 0 Å². The molecule has 0 spiro atoms. The fraction of sp³-hybridized carbons (Fsp3) is 0.314. The Bertz CT molecular complexity index is 1250. The quantitative estimate of drug-likeness (QED) is 0.238. The maximum absolute atomic E-state index is 2.49. The number of rotatable bonds is 6. The molecular formula is C35H38. The van der Waals surface area contributed by atoms with Crippen molar-refractivity contribution >= 4 is 0 Å². The summed E-state index contributed by atoms with van der Waals surface area (Å²) in [6.45, 7) is 13.6. The lowest BCUT2D eigenvalue weighted by atomic mass is 9.66. The average Bonchev–Trinajstić information content (AvgIpc) is 3.17. The van der Waals surface area contributed by atoms with Crippen LogP contribution in [0.5, 0.6) is 0 Å². The maximum atomic E-state index is 2.49. The summed E-state index contributed by atoms with van der Waals surface area (Å²) < 4.78 is 0. The van der Waals surface area contributed by atoms with Gasteiger partial charge in [-0.15, -0.1) is 0 Å². The molecule has 35 heavy (non-hydrogen) atoms. The molecule has 0 nitrogen and oxygen atoms in total. The molecule has 0 bridgehead atoms. The molecular weight excluding hydrogens is 420 g/mol. The summed E-state index contributed by atoms with van der Waals surface area (Å²) in [5.74, 6) is 0. The van der Waals surface area contributed by atoms with Crippen LogP contribution >= 0.6 is 0 Å². The van der Waals surface area contributed by atoms with Gasteiger partial charge in [0.25, 0.3) is 0 Å². The average molecular weight is 459 g/mol. The van der Waals surface area contributed by atoms with Crippen LogP contribution in [0.3, 0.4) is 0 Å². The Morgan fingerprint density at radius 3 is 1.11 bits per heavy atom. The monoisotopic (exact) mass is 458 g/mol. The van der Waals surface area contributed by atoms with E-state index < -0.39 is 0 Å². The molecule has 0 radical (unpaired) electrons. The Kier molecular flexibility index (Phi) is 6.18. The van der Waals surface area contributed by atoms with Crippen molar-refractivity contribution in [1.29, 1.82) is 0 Å². The van der Waals surface area contributed by atoms with Gasteiger partial charge in [-0.2, -0.15) is 0 Å². The summed E-state index contributed by atoms with van der Waals surface area (Å²) in [5.41, 5.74) is 16.5. The zero-order chi connectivity index (χ0) is 24.7. The summed E-state index contributed by atoms with van der Waals surface area (Å²) in [7, 11) is 0. The first-order valence-electron chi connectivity index (χ1n) is 13.4. The first kappa shape index (κ1) is 23.6. The number of hydrogen-bond donors (Lipinski definition) is 0. The molecule has 0 N–H and O–H groups in total. The standard InChI is InChI=1S/C35H38/c1-7-25-17-26(8-2)20-29(19-25)35(30-21-27(9-3)18-28(10-4)22-30)33-15-23(5)11-13-31(33)32-14-12-24(6)16-34(32)35/h11-22H,7-10H2,1-6H3. The highest BCUT2D eigenvalue weighted by atomic mass is 14.5. The molecule has 0 atom stereocenters. The van der Waals surface area contributed by atoms with E-state index in [1.807, 2.05) is 0 Å². The van der Waals surface area contributed by atoms with E-state index in [0.717, 1.165) is 25.7 Å². The second kappa shape index (κ2) is 9.15. The third-order valence-corrected chi connectivity index (χ3v) is 8.05. The van der Waals surface area contributed by atoms with Gasteiger partial charge in [0.2, 0.25) is 0 Å². The van der Waals surface area contributed by atoms with E-state index in [9.17, 15) is 0 Å². The molecule has 0 aromatic heterocycles. The van der Waals surface area contributed by atoms with Gasteiger partial charge in [-0.05, 0) is 95.2 Å². The van der Waals surface area contributed by atoms with Crippen molar-refractivity contribution in [3.8, 4) is 11.1 Å². The van der Waals surface area contributed by atoms with E-state index in [1.54, 1.807) is 0 Å². The fourth-order valence-electron chi connectivity index (χ4n) is 6.11. The van der Waals surface area contributed by atoms with E-state index in [1.165, 1.54) is 66.8 Å². The highest BCUT2D eigenvalue weighted by Crippen LogP contribution is 2.57. The van der Waals surface area contributed by atoms with Crippen LogP contribution in [0.2, 0.25) is 0 Å². The lowest BCUT2D eigenvalue weighted by Gasteiger charge is -2.35. The van der Waals surface area contributed by atoms with Gasteiger partial charge in [0.1, 0.15) is 0 Å². The van der Waals surface area contributed by atoms with E-state index >= 15 is 0 Å². The van der Waals surface area contributed by atoms with Gasteiger partial charge >= 0.3 is 0 Å². The second-order valence-electron chi connectivity index (χ2n) is 10.3. The third kappa shape index (κ3) is 3.75. The van der Waals surface area contributed by atoms with Gasteiger partial charge in [0.15, 0.2) is 0 Å². The van der Waals surface area contributed by atoms with Gasteiger partial charge in [0.05, 0.1) is 5.41 Å². The fourth-order valence-corrected chi connectivity index (χ4v) is 6.11. The normalized spacial score (nSPS) is 13.5. The topological polar surface area (TPSA) is 0 Å². The molecule has 4 aromatic carbocycles. The largest absolute Gasteiger partial charge is 0.0714 e. The molecule has 0 fully saturated rings. The number of hydrogen-bond acceptors (Lipinski definition) is 0. The molecule has 5 rings (SSSR count). The van der Waals surface area contributed by atoms with Crippen LogP contribution in [0.4, 0.5) is 0 Å². The number of fused-ring (bicyclic) bond motifs is 3. The van der Waals surface area contributed by atoms with Gasteiger partial charge in [-0.1, -0.05) is 112 Å². The molecule has 178 valence electrons. The van der Waals surface area contributed by atoms with Crippen LogP contribution in [-0.4, -0.2) is 0 Å². The Labute approximate surface area is 212 Å². The molecule has 0 aliphatic heterocycles. The van der Waals surface area contributed by atoms with Crippen LogP contribution in [0.25, 0.3) is 11.1 Å². The zero-order valence-corrected chi connectivity index (χ0v) is 22.3. The minimum absolute atomic E-state index is 0.313. The number of benzene rings is 4. The summed E-state index contributed by atoms with van der Waals surface area (Å²) in [6.07, 6.45) is 4.20. The molecule has 0 unspecified atom stereocenters. The predicted molar refractivity (Wildman–Crippen MR) is 151 cm³/mol. The highest BCUT2D eigenvalue weighted by molar-refractivity contribution is 5.87. The minimum Gasteiger partial charge on any atom is -0.0613 e. The molecule has 1 aliphatic rings. The number of aryl methyl sites for hydroxylation is 6. The molecule has 0 heterocycles. The van der Waals surface area contributed by atoms with Gasteiger partial charge in [-0.3, -0.25) is 0 Å². The van der Waals surface area contributed by atoms with Crippen LogP contribution in [0.1, 0.15) is 83.3 Å². The Morgan fingerprint density at radius 2 is 0.800 bits per heavy atom. The van der Waals surface area contributed by atoms with E-state index in [4.69, 9.17) is 0 Å². The van der Waals surface area contributed by atoms with Crippen molar-refractivity contribution in [3.05, 3.63) is 128 Å². The first-order chi connectivity index (χ1) is 16.9. The van der Waals surface area contributed by atoms with Gasteiger partial charge < -0.3 is 0 Å². The van der Waals surface area contributed by atoms with Crippen molar-refractivity contribution in [2.75, 3.05) is 0 Å². The smallest absolute Gasteiger partial charge is 0.0613 e. The van der Waals surface area contributed by atoms with Crippen LogP contribution in [-0.2, 0) is 31.1 Å². The molecule has 0 heteroatoms. The van der Waals surface area contributed by atoms with Crippen LogP contribution < -0.4 is 0 Å². The van der Waals surface area contributed by atoms with E-state index in [0.29, 0.717) is 0 Å². The molecule has 0 saturated carbocycles. The summed E-state index contributed by atoms with van der Waals surface area (Å²) in [4.78, 5) is 0. The van der Waals surface area contributed by atoms with Crippen molar-refractivity contribution in [3.63, 3.8) is 0 Å². The summed E-state index contributed by atoms with van der Waals surface area (Å²) in [6, 6.07) is 29.0. The zero-order valence-electron chi connectivity index (χ0n) is 22.3. The lowest BCUT2D eigenvalue weighted by Crippen LogP contribution is -2.29. The second-order valence-corrected chi connectivity index (χ2v) is 10.3. The lowest BCUT2D eigenvalue weighted by molar-refractivity contribution is 0.757. The van der Waals surface area contributed by atoms with Crippen LogP contribution in [0, 0.1) is 13.8 Å². The minimum atomic E-state index is -0.313. The highest BCUT2D eigenvalue weighted by Gasteiger charge is 2.46. The van der Waals surface area contributed by atoms with Crippen LogP contribution in [0.15, 0.2) is 72.8 Å². The van der Waals surface area contributed by atoms with Crippen molar-refractivity contribution in [2.45, 2.75) is 72.6 Å². The molecule has 4 aromatic rings. The molecule has 0 amide bonds. The maximum Gasteiger partial charge on any atom is 0.0714 e. The summed E-state index contributed by atoms with van der Waals surface area (Å²) in [5, 5.41) is 0. The Balaban J connectivity index is 2.00. The first-order valence-corrected chi connectivity index (χ1v) is 13.4. The van der Waals surface area contributed by atoms with E-state index in [2.05, 4.69) is 114 Å². The van der Waals surface area contributed by atoms with Crippen molar-refractivity contribution in [1.82, 2.24) is 0 Å². The third-order valence-electron chi connectivity index (χ3n) is 8.05. The molecule has 0 saturated heterocycles. The SMILES string of the molecule is CCc1cc(CC)cc(C2(c3cc(CC)cc(CC)c3)c3cc(C)ccc3-c3ccc(C)cc32)c1. The van der Waals surface area contributed by atoms with E-state index in [-0.39, 0.29) is 5.41 Å². The molecule has 1 aliphatic carbocycles. The Morgan fingerprint density at radius 1 is 0.457 bits per heavy atom. The van der Waals surface area contributed by atoms with Gasteiger partial charge in [-0.25, -0.2) is 0 Å². The van der Waals surface area contributed by atoms with Crippen molar-refractivity contribution < 1.29 is 0 Å². The predicted octanol–water partition coefficient (Wildman–Crippen LogP) is 8.92. The summed E-state index contributed by atoms with van der Waals surface area (Å²) >= 11 is 0. The van der Waals surface area contributed by atoms with Gasteiger partial charge in [0, 0.05) is 0 Å².